The SMILES string of the molecule is O=C(O)c1cc(I)ccc1NC(=S)NC(=O)c1cccc2c(Br)cccc12. The molecule has 0 aliphatic rings. The van der Waals surface area contributed by atoms with Crippen LogP contribution in [-0.2, 0) is 0 Å². The highest BCUT2D eigenvalue weighted by molar-refractivity contribution is 14.1. The summed E-state index contributed by atoms with van der Waals surface area (Å²) in [5.74, 6) is -1.46. The molecule has 0 saturated carbocycles. The van der Waals surface area contributed by atoms with E-state index in [1.54, 1.807) is 24.3 Å². The summed E-state index contributed by atoms with van der Waals surface area (Å²) in [5, 5.41) is 16.4. The molecule has 3 N–H and O–H groups in total. The molecule has 0 radical (unpaired) electrons. The number of carboxylic acid groups (broad SMARTS) is 1. The number of thiocarbonyl (C=S) groups is 1. The molecule has 1 amide bonds. The van der Waals surface area contributed by atoms with Crippen LogP contribution < -0.4 is 10.6 Å². The lowest BCUT2D eigenvalue weighted by atomic mass is 10.0. The molecular formula is C19H12BrIN2O3S. The maximum atomic E-state index is 12.7. The number of rotatable bonds is 3. The Bertz CT molecular complexity index is 1090. The van der Waals surface area contributed by atoms with Crippen molar-refractivity contribution in [3.05, 3.63) is 73.8 Å². The lowest BCUT2D eigenvalue weighted by Gasteiger charge is -2.13. The van der Waals surface area contributed by atoms with Gasteiger partial charge in [-0.1, -0.05) is 40.2 Å². The Morgan fingerprint density at radius 2 is 1.70 bits per heavy atom. The predicted octanol–water partition coefficient (Wildman–Crippen LogP) is 5.03. The van der Waals surface area contributed by atoms with Gasteiger partial charge in [0.1, 0.15) is 0 Å². The third kappa shape index (κ3) is 4.45. The maximum absolute atomic E-state index is 12.7. The van der Waals surface area contributed by atoms with Crippen molar-refractivity contribution < 1.29 is 14.7 Å². The van der Waals surface area contributed by atoms with Crippen LogP contribution in [0.1, 0.15) is 20.7 Å². The molecule has 8 heteroatoms. The average molecular weight is 555 g/mol. The van der Waals surface area contributed by atoms with Crippen molar-refractivity contribution in [2.45, 2.75) is 0 Å². The second-order valence-electron chi connectivity index (χ2n) is 5.54. The first-order chi connectivity index (χ1) is 12.9. The highest BCUT2D eigenvalue weighted by Crippen LogP contribution is 2.26. The number of anilines is 1. The molecule has 3 aromatic rings. The third-order valence-electron chi connectivity index (χ3n) is 3.80. The summed E-state index contributed by atoms with van der Waals surface area (Å²) < 4.78 is 1.67. The van der Waals surface area contributed by atoms with Crippen molar-refractivity contribution in [3.8, 4) is 0 Å². The lowest BCUT2D eigenvalue weighted by molar-refractivity contribution is 0.0697. The Balaban J connectivity index is 1.83. The van der Waals surface area contributed by atoms with Gasteiger partial charge in [-0.05, 0) is 75.9 Å². The van der Waals surface area contributed by atoms with E-state index in [0.29, 0.717) is 11.3 Å². The zero-order valence-corrected chi connectivity index (χ0v) is 18.2. The number of carboxylic acids is 1. The van der Waals surface area contributed by atoms with E-state index in [1.807, 2.05) is 46.9 Å². The molecule has 0 heterocycles. The summed E-state index contributed by atoms with van der Waals surface area (Å²) in [4.78, 5) is 24.1. The fourth-order valence-corrected chi connectivity index (χ4v) is 3.79. The number of benzene rings is 3. The topological polar surface area (TPSA) is 78.4 Å². The van der Waals surface area contributed by atoms with Gasteiger partial charge in [0.2, 0.25) is 0 Å². The Morgan fingerprint density at radius 1 is 1.00 bits per heavy atom. The smallest absolute Gasteiger partial charge is 0.337 e. The van der Waals surface area contributed by atoms with Crippen molar-refractivity contribution in [2.24, 2.45) is 0 Å². The molecule has 27 heavy (non-hydrogen) atoms. The van der Waals surface area contributed by atoms with Crippen molar-refractivity contribution in [3.63, 3.8) is 0 Å². The Kier molecular flexibility index (Phi) is 6.08. The fraction of sp³-hybridized carbons (Fsp3) is 0. The normalized spacial score (nSPS) is 10.4. The first-order valence-corrected chi connectivity index (χ1v) is 9.97. The zero-order chi connectivity index (χ0) is 19.6. The van der Waals surface area contributed by atoms with Crippen LogP contribution in [0.15, 0.2) is 59.1 Å². The van der Waals surface area contributed by atoms with E-state index in [-0.39, 0.29) is 16.6 Å². The molecule has 5 nitrogen and oxygen atoms in total. The summed E-state index contributed by atoms with van der Waals surface area (Å²) in [6.07, 6.45) is 0. The number of hydrogen-bond donors (Lipinski definition) is 3. The van der Waals surface area contributed by atoms with Gasteiger partial charge in [-0.25, -0.2) is 4.79 Å². The summed E-state index contributed by atoms with van der Waals surface area (Å²) >= 11 is 10.7. The molecule has 0 spiro atoms. The highest BCUT2D eigenvalue weighted by atomic mass is 127. The van der Waals surface area contributed by atoms with E-state index in [2.05, 4.69) is 26.6 Å². The van der Waals surface area contributed by atoms with Gasteiger partial charge >= 0.3 is 5.97 Å². The number of fused-ring (bicyclic) bond motifs is 1. The molecule has 0 aromatic heterocycles. The first-order valence-electron chi connectivity index (χ1n) is 7.69. The minimum absolute atomic E-state index is 0.0238. The Hall–Kier alpha value is -2.04. The molecule has 0 atom stereocenters. The lowest BCUT2D eigenvalue weighted by Crippen LogP contribution is -2.34. The molecule has 0 unspecified atom stereocenters. The molecule has 0 fully saturated rings. The number of carbonyl (C=O) groups is 2. The highest BCUT2D eigenvalue weighted by Gasteiger charge is 2.15. The van der Waals surface area contributed by atoms with Gasteiger partial charge in [0.05, 0.1) is 11.3 Å². The van der Waals surface area contributed by atoms with Gasteiger partial charge < -0.3 is 10.4 Å². The minimum atomic E-state index is -1.08. The van der Waals surface area contributed by atoms with E-state index in [0.717, 1.165) is 18.8 Å². The molecule has 3 rings (SSSR count). The number of aromatic carboxylic acids is 1. The van der Waals surface area contributed by atoms with Gasteiger partial charge in [-0.2, -0.15) is 0 Å². The van der Waals surface area contributed by atoms with E-state index < -0.39 is 5.97 Å². The summed E-state index contributed by atoms with van der Waals surface area (Å²) in [6.45, 7) is 0. The first kappa shape index (κ1) is 19.7. The van der Waals surface area contributed by atoms with Gasteiger partial charge in [0.25, 0.3) is 5.91 Å². The van der Waals surface area contributed by atoms with E-state index >= 15 is 0 Å². The van der Waals surface area contributed by atoms with Crippen LogP contribution in [0.3, 0.4) is 0 Å². The van der Waals surface area contributed by atoms with Crippen molar-refractivity contribution >= 4 is 84.2 Å². The standard InChI is InChI=1S/C19H12BrIN2O3S/c20-15-6-2-3-11-12(15)4-1-5-13(11)17(24)23-19(27)22-16-8-7-10(21)9-14(16)18(25)26/h1-9H,(H,25,26)(H2,22,23,24,27). The Morgan fingerprint density at radius 3 is 2.44 bits per heavy atom. The number of amides is 1. The van der Waals surface area contributed by atoms with E-state index in [1.165, 1.54) is 6.07 Å². The van der Waals surface area contributed by atoms with Crippen molar-refractivity contribution in [2.75, 3.05) is 5.32 Å². The second-order valence-corrected chi connectivity index (χ2v) is 8.05. The van der Waals surface area contributed by atoms with Crippen LogP contribution in [0, 0.1) is 3.57 Å². The Labute approximate surface area is 182 Å². The molecule has 0 saturated heterocycles. The van der Waals surface area contributed by atoms with Crippen LogP contribution in [0.25, 0.3) is 10.8 Å². The monoisotopic (exact) mass is 554 g/mol. The summed E-state index contributed by atoms with van der Waals surface area (Å²) in [7, 11) is 0. The molecule has 0 aliphatic heterocycles. The number of carbonyl (C=O) groups excluding carboxylic acids is 1. The average Bonchev–Trinajstić information content (AvgIpc) is 2.63. The zero-order valence-electron chi connectivity index (χ0n) is 13.6. The number of hydrogen-bond acceptors (Lipinski definition) is 3. The molecule has 3 aromatic carbocycles. The minimum Gasteiger partial charge on any atom is -0.478 e. The van der Waals surface area contributed by atoms with Crippen LogP contribution in [0.4, 0.5) is 5.69 Å². The predicted molar refractivity (Wildman–Crippen MR) is 121 cm³/mol. The van der Waals surface area contributed by atoms with Gasteiger partial charge in [0, 0.05) is 13.6 Å². The van der Waals surface area contributed by atoms with Crippen molar-refractivity contribution in [1.29, 1.82) is 0 Å². The number of nitrogens with one attached hydrogen (secondary N) is 2. The third-order valence-corrected chi connectivity index (χ3v) is 5.37. The van der Waals surface area contributed by atoms with Crippen LogP contribution in [0.5, 0.6) is 0 Å². The fourth-order valence-electron chi connectivity index (χ4n) is 2.60. The molecule has 136 valence electrons. The van der Waals surface area contributed by atoms with E-state index in [4.69, 9.17) is 12.2 Å². The van der Waals surface area contributed by atoms with E-state index in [9.17, 15) is 14.7 Å². The van der Waals surface area contributed by atoms with Crippen molar-refractivity contribution in [1.82, 2.24) is 5.32 Å². The second kappa shape index (κ2) is 8.32. The quantitative estimate of drug-likeness (QED) is 0.312. The molecule has 0 aliphatic carbocycles. The molecular weight excluding hydrogens is 543 g/mol. The van der Waals surface area contributed by atoms with Crippen LogP contribution in [0.2, 0.25) is 0 Å². The molecule has 0 bridgehead atoms. The van der Waals surface area contributed by atoms with Crippen LogP contribution >= 0.6 is 50.7 Å². The summed E-state index contributed by atoms with van der Waals surface area (Å²) in [6, 6.07) is 15.9. The van der Waals surface area contributed by atoms with Gasteiger partial charge in [0.15, 0.2) is 5.11 Å². The summed E-state index contributed by atoms with van der Waals surface area (Å²) in [5.41, 5.74) is 0.862. The van der Waals surface area contributed by atoms with Gasteiger partial charge in [-0.15, -0.1) is 0 Å². The van der Waals surface area contributed by atoms with Gasteiger partial charge in [-0.3, -0.25) is 10.1 Å². The maximum Gasteiger partial charge on any atom is 0.337 e. The number of halogens is 2. The van der Waals surface area contributed by atoms with Crippen LogP contribution in [-0.4, -0.2) is 22.1 Å². The largest absolute Gasteiger partial charge is 0.478 e.